The van der Waals surface area contributed by atoms with Crippen LogP contribution in [0.3, 0.4) is 0 Å². The number of pyridine rings is 1. The molecule has 1 atom stereocenters. The molecule has 2 aliphatic rings. The van der Waals surface area contributed by atoms with E-state index in [1.807, 2.05) is 6.07 Å². The maximum absolute atomic E-state index is 9.25. The predicted molar refractivity (Wildman–Crippen MR) is 75.9 cm³/mol. The van der Waals surface area contributed by atoms with Crippen molar-refractivity contribution >= 4 is 5.82 Å². The average Bonchev–Trinajstić information content (AvgIpc) is 2.92. The van der Waals surface area contributed by atoms with Crippen molar-refractivity contribution in [1.29, 1.82) is 5.26 Å². The molecule has 0 spiro atoms. The zero-order valence-electron chi connectivity index (χ0n) is 11.2. The number of nitrogens with one attached hydrogen (secondary N) is 1. The number of hydrogen-bond donors (Lipinski definition) is 1. The Morgan fingerprint density at radius 3 is 3.11 bits per heavy atom. The molecule has 0 saturated carbocycles. The summed E-state index contributed by atoms with van der Waals surface area (Å²) in [5.41, 5.74) is 3.15. The first-order valence-corrected chi connectivity index (χ1v) is 7.18. The summed E-state index contributed by atoms with van der Waals surface area (Å²) in [5.74, 6) is 1.46. The minimum Gasteiger partial charge on any atom is -0.369 e. The summed E-state index contributed by atoms with van der Waals surface area (Å²) >= 11 is 0. The number of hydrogen-bond acceptors (Lipinski definition) is 3. The molecule has 0 radical (unpaired) electrons. The van der Waals surface area contributed by atoms with Crippen LogP contribution in [0.15, 0.2) is 18.2 Å². The Balaban J connectivity index is 1.73. The van der Waals surface area contributed by atoms with Crippen molar-refractivity contribution in [3.05, 3.63) is 35.0 Å². The molecule has 0 aliphatic heterocycles. The van der Waals surface area contributed by atoms with Crippen molar-refractivity contribution < 1.29 is 0 Å². The number of aromatic nitrogens is 1. The lowest BCUT2D eigenvalue weighted by Crippen LogP contribution is -2.17. The van der Waals surface area contributed by atoms with Gasteiger partial charge in [-0.3, -0.25) is 0 Å². The van der Waals surface area contributed by atoms with E-state index in [2.05, 4.69) is 28.5 Å². The molecule has 0 saturated heterocycles. The predicted octanol–water partition coefficient (Wildman–Crippen LogP) is 3.21. The Morgan fingerprint density at radius 1 is 1.37 bits per heavy atom. The Kier molecular flexibility index (Phi) is 3.50. The zero-order chi connectivity index (χ0) is 13.1. The molecule has 1 unspecified atom stereocenters. The monoisotopic (exact) mass is 253 g/mol. The van der Waals surface area contributed by atoms with Gasteiger partial charge in [-0.15, -0.1) is 0 Å². The normalized spacial score (nSPS) is 20.9. The molecule has 0 amide bonds. The maximum atomic E-state index is 9.25. The molecule has 1 aromatic heterocycles. The molecule has 0 aromatic carbocycles. The Bertz CT molecular complexity index is 540. The highest BCUT2D eigenvalue weighted by Crippen LogP contribution is 2.26. The van der Waals surface area contributed by atoms with E-state index < -0.39 is 0 Å². The second-order valence-electron chi connectivity index (χ2n) is 5.49. The van der Waals surface area contributed by atoms with Gasteiger partial charge >= 0.3 is 0 Å². The van der Waals surface area contributed by atoms with Gasteiger partial charge in [0.05, 0.1) is 5.56 Å². The topological polar surface area (TPSA) is 48.7 Å². The number of rotatable bonds is 3. The molecule has 98 valence electrons. The van der Waals surface area contributed by atoms with E-state index in [1.165, 1.54) is 30.5 Å². The van der Waals surface area contributed by atoms with Gasteiger partial charge in [0.2, 0.25) is 0 Å². The van der Waals surface area contributed by atoms with E-state index in [4.69, 9.17) is 0 Å². The smallest absolute Gasteiger partial charge is 0.144 e. The fourth-order valence-electron chi connectivity index (χ4n) is 2.97. The highest BCUT2D eigenvalue weighted by atomic mass is 15.0. The lowest BCUT2D eigenvalue weighted by Gasteiger charge is -2.19. The van der Waals surface area contributed by atoms with Gasteiger partial charge in [0.15, 0.2) is 0 Å². The Hall–Kier alpha value is -1.82. The lowest BCUT2D eigenvalue weighted by atomic mass is 9.94. The molecule has 19 heavy (non-hydrogen) atoms. The van der Waals surface area contributed by atoms with Crippen molar-refractivity contribution in [2.24, 2.45) is 5.92 Å². The van der Waals surface area contributed by atoms with E-state index in [0.717, 1.165) is 31.6 Å². The number of fused-ring (bicyclic) bond motifs is 1. The molecule has 3 heteroatoms. The van der Waals surface area contributed by atoms with Crippen LogP contribution in [0.2, 0.25) is 0 Å². The summed E-state index contributed by atoms with van der Waals surface area (Å²) in [5, 5.41) is 12.6. The van der Waals surface area contributed by atoms with Crippen LogP contribution in [-0.2, 0) is 12.8 Å². The van der Waals surface area contributed by atoms with E-state index in [-0.39, 0.29) is 0 Å². The highest BCUT2D eigenvalue weighted by Gasteiger charge is 2.17. The molecule has 1 N–H and O–H groups in total. The minimum absolute atomic E-state index is 0.673. The molecule has 0 fully saturated rings. The van der Waals surface area contributed by atoms with Crippen LogP contribution in [-0.4, -0.2) is 11.5 Å². The van der Waals surface area contributed by atoms with E-state index in [1.54, 1.807) is 0 Å². The molecule has 3 rings (SSSR count). The van der Waals surface area contributed by atoms with Crippen molar-refractivity contribution in [1.82, 2.24) is 4.98 Å². The summed E-state index contributed by atoms with van der Waals surface area (Å²) in [6, 6.07) is 4.30. The summed E-state index contributed by atoms with van der Waals surface area (Å²) < 4.78 is 0. The highest BCUT2D eigenvalue weighted by molar-refractivity contribution is 5.55. The molecular formula is C16H19N3. The first-order valence-electron chi connectivity index (χ1n) is 7.18. The van der Waals surface area contributed by atoms with Crippen LogP contribution in [0.1, 0.15) is 42.5 Å². The summed E-state index contributed by atoms with van der Waals surface area (Å²) in [7, 11) is 0. The van der Waals surface area contributed by atoms with E-state index in [0.29, 0.717) is 11.5 Å². The fourth-order valence-corrected chi connectivity index (χ4v) is 2.97. The third-order valence-corrected chi connectivity index (χ3v) is 4.11. The number of nitrogens with zero attached hydrogens (tertiary/aromatic N) is 2. The molecular weight excluding hydrogens is 234 g/mol. The second kappa shape index (κ2) is 5.44. The molecule has 2 aliphatic carbocycles. The molecule has 3 nitrogen and oxygen atoms in total. The van der Waals surface area contributed by atoms with Crippen LogP contribution >= 0.6 is 0 Å². The quantitative estimate of drug-likeness (QED) is 0.841. The first-order chi connectivity index (χ1) is 9.36. The minimum atomic E-state index is 0.673. The van der Waals surface area contributed by atoms with Crippen LogP contribution in [0.4, 0.5) is 5.82 Å². The summed E-state index contributed by atoms with van der Waals surface area (Å²) in [6.45, 7) is 0.921. The SMILES string of the molecule is N#Cc1cc2c(nc1NCC1CC=CCC1)CCC2. The third kappa shape index (κ3) is 2.63. The largest absolute Gasteiger partial charge is 0.369 e. The van der Waals surface area contributed by atoms with Gasteiger partial charge in [-0.1, -0.05) is 12.2 Å². The van der Waals surface area contributed by atoms with Gasteiger partial charge in [0, 0.05) is 12.2 Å². The van der Waals surface area contributed by atoms with Crippen LogP contribution in [0, 0.1) is 17.2 Å². The van der Waals surface area contributed by atoms with Gasteiger partial charge in [-0.05, 0) is 56.1 Å². The van der Waals surface area contributed by atoms with Crippen LogP contribution in [0.25, 0.3) is 0 Å². The summed E-state index contributed by atoms with van der Waals surface area (Å²) in [6.07, 6.45) is 11.4. The van der Waals surface area contributed by atoms with Crippen molar-refractivity contribution in [3.8, 4) is 6.07 Å². The fraction of sp³-hybridized carbons (Fsp3) is 0.500. The number of aryl methyl sites for hydroxylation is 2. The van der Waals surface area contributed by atoms with Gasteiger partial charge in [0.1, 0.15) is 11.9 Å². The Labute approximate surface area is 114 Å². The first kappa shape index (κ1) is 12.2. The molecule has 0 bridgehead atoms. The number of anilines is 1. The van der Waals surface area contributed by atoms with Crippen molar-refractivity contribution in [3.63, 3.8) is 0 Å². The standard InChI is InChI=1S/C16H19N3/c17-10-14-9-13-7-4-8-15(13)19-16(14)18-11-12-5-2-1-3-6-12/h1-2,9,12H,3-8,11H2,(H,18,19). The maximum Gasteiger partial charge on any atom is 0.144 e. The van der Waals surface area contributed by atoms with Crippen molar-refractivity contribution in [2.45, 2.75) is 38.5 Å². The average molecular weight is 253 g/mol. The van der Waals surface area contributed by atoms with Gasteiger partial charge < -0.3 is 5.32 Å². The Morgan fingerprint density at radius 2 is 2.32 bits per heavy atom. The van der Waals surface area contributed by atoms with Crippen LogP contribution in [0.5, 0.6) is 0 Å². The lowest BCUT2D eigenvalue weighted by molar-refractivity contribution is 0.503. The third-order valence-electron chi connectivity index (χ3n) is 4.11. The van der Waals surface area contributed by atoms with E-state index >= 15 is 0 Å². The van der Waals surface area contributed by atoms with Gasteiger partial charge in [-0.2, -0.15) is 5.26 Å². The molecule has 1 heterocycles. The van der Waals surface area contributed by atoms with Gasteiger partial charge in [0.25, 0.3) is 0 Å². The van der Waals surface area contributed by atoms with Crippen molar-refractivity contribution in [2.75, 3.05) is 11.9 Å². The number of allylic oxidation sites excluding steroid dienone is 2. The summed E-state index contributed by atoms with van der Waals surface area (Å²) in [4.78, 5) is 4.66. The second-order valence-corrected chi connectivity index (χ2v) is 5.49. The zero-order valence-corrected chi connectivity index (χ0v) is 11.2. The molecule has 1 aromatic rings. The number of nitriles is 1. The van der Waals surface area contributed by atoms with E-state index in [9.17, 15) is 5.26 Å². The van der Waals surface area contributed by atoms with Gasteiger partial charge in [-0.25, -0.2) is 4.98 Å². The van der Waals surface area contributed by atoms with Crippen LogP contribution < -0.4 is 5.32 Å².